The molecule has 3 nitrogen and oxygen atoms in total. The van der Waals surface area contributed by atoms with Crippen molar-refractivity contribution in [1.82, 2.24) is 4.98 Å². The third kappa shape index (κ3) is 2.24. The fraction of sp³-hybridized carbons (Fsp3) is 0.250. The molecule has 2 aliphatic rings. The lowest BCUT2D eigenvalue weighted by molar-refractivity contribution is -0.137. The average molecular weight is 303 g/mol. The van der Waals surface area contributed by atoms with Crippen LogP contribution >= 0.6 is 0 Å². The third-order valence-electron chi connectivity index (χ3n) is 4.03. The Hall–Kier alpha value is -2.37. The first-order chi connectivity index (χ1) is 10.5. The van der Waals surface area contributed by atoms with Crippen molar-refractivity contribution >= 4 is 11.5 Å². The van der Waals surface area contributed by atoms with E-state index in [1.807, 2.05) is 0 Å². The van der Waals surface area contributed by atoms with Gasteiger partial charge in [0, 0.05) is 29.6 Å². The van der Waals surface area contributed by atoms with Gasteiger partial charge in [-0.25, -0.2) is 0 Å². The molecule has 0 radical (unpaired) electrons. The third-order valence-corrected chi connectivity index (χ3v) is 4.03. The molecule has 0 saturated heterocycles. The standard InChI is InChI=1S/C16H12F3N3/c17-16(18,19)9-1-2-11-12(7-9)13-8-14(13)22-15(11)21-10-3-5-20-6-4-10/h1-7,13-14H,8H2,(H,20,21,22). The Morgan fingerprint density at radius 3 is 2.59 bits per heavy atom. The highest BCUT2D eigenvalue weighted by Gasteiger charge is 2.44. The van der Waals surface area contributed by atoms with Gasteiger partial charge in [-0.05, 0) is 36.2 Å². The van der Waals surface area contributed by atoms with Gasteiger partial charge < -0.3 is 5.32 Å². The largest absolute Gasteiger partial charge is 0.416 e. The second-order valence-corrected chi connectivity index (χ2v) is 5.55. The van der Waals surface area contributed by atoms with Crippen LogP contribution in [0.2, 0.25) is 0 Å². The zero-order valence-electron chi connectivity index (χ0n) is 11.4. The summed E-state index contributed by atoms with van der Waals surface area (Å²) in [5, 5.41) is 3.18. The summed E-state index contributed by atoms with van der Waals surface area (Å²) in [4.78, 5) is 8.53. The van der Waals surface area contributed by atoms with Gasteiger partial charge in [-0.15, -0.1) is 0 Å². The Labute approximate surface area is 124 Å². The molecule has 0 spiro atoms. The summed E-state index contributed by atoms with van der Waals surface area (Å²) in [5.41, 5.74) is 1.72. The van der Waals surface area contributed by atoms with Crippen LogP contribution in [-0.2, 0) is 6.18 Å². The number of alkyl halides is 3. The summed E-state index contributed by atoms with van der Waals surface area (Å²) in [5.74, 6) is 0.758. The van der Waals surface area contributed by atoms with E-state index < -0.39 is 11.7 Å². The Bertz CT molecular complexity index is 753. The van der Waals surface area contributed by atoms with Gasteiger partial charge in [-0.2, -0.15) is 13.2 Å². The van der Waals surface area contributed by atoms with Crippen LogP contribution in [0.4, 0.5) is 18.9 Å². The molecule has 112 valence electrons. The van der Waals surface area contributed by atoms with Crippen LogP contribution in [0.15, 0.2) is 47.7 Å². The average Bonchev–Trinajstić information content (AvgIpc) is 3.26. The van der Waals surface area contributed by atoms with Crippen molar-refractivity contribution in [3.8, 4) is 0 Å². The molecule has 22 heavy (non-hydrogen) atoms. The van der Waals surface area contributed by atoms with Crippen molar-refractivity contribution in [2.45, 2.75) is 24.6 Å². The minimum absolute atomic E-state index is 0.0975. The van der Waals surface area contributed by atoms with E-state index in [1.165, 1.54) is 12.1 Å². The Balaban J connectivity index is 1.72. The van der Waals surface area contributed by atoms with Crippen molar-refractivity contribution in [1.29, 1.82) is 0 Å². The van der Waals surface area contributed by atoms with Crippen LogP contribution in [0.5, 0.6) is 0 Å². The molecule has 1 aromatic carbocycles. The molecule has 2 atom stereocenters. The lowest BCUT2D eigenvalue weighted by atomic mass is 9.97. The summed E-state index contributed by atoms with van der Waals surface area (Å²) in [6, 6.07) is 7.59. The Kier molecular flexibility index (Phi) is 2.76. The number of benzene rings is 1. The number of hydrogen-bond donors (Lipinski definition) is 1. The molecular weight excluding hydrogens is 291 g/mol. The maximum absolute atomic E-state index is 12.9. The molecule has 1 aromatic heterocycles. The van der Waals surface area contributed by atoms with Crippen LogP contribution in [0.25, 0.3) is 0 Å². The minimum atomic E-state index is -4.31. The first kappa shape index (κ1) is 13.3. The zero-order chi connectivity index (χ0) is 15.3. The van der Waals surface area contributed by atoms with Gasteiger partial charge >= 0.3 is 6.18 Å². The number of halogens is 3. The summed E-state index contributed by atoms with van der Waals surface area (Å²) >= 11 is 0. The first-order valence-corrected chi connectivity index (χ1v) is 6.99. The van der Waals surface area contributed by atoms with E-state index in [9.17, 15) is 13.2 Å². The van der Waals surface area contributed by atoms with Crippen molar-refractivity contribution < 1.29 is 13.2 Å². The first-order valence-electron chi connectivity index (χ1n) is 6.99. The number of aliphatic imine (C=N–C) groups is 1. The molecule has 1 N–H and O–H groups in total. The van der Waals surface area contributed by atoms with Crippen LogP contribution in [0, 0.1) is 0 Å². The van der Waals surface area contributed by atoms with Gasteiger partial charge in [0.25, 0.3) is 0 Å². The number of fused-ring (bicyclic) bond motifs is 3. The SMILES string of the molecule is FC(F)(F)c1ccc2c(c1)C1CC1N=C2Nc1ccncc1. The van der Waals surface area contributed by atoms with Crippen molar-refractivity contribution in [2.75, 3.05) is 5.32 Å². The van der Waals surface area contributed by atoms with Crippen molar-refractivity contribution in [3.63, 3.8) is 0 Å². The lowest BCUT2D eigenvalue weighted by Crippen LogP contribution is -2.20. The van der Waals surface area contributed by atoms with E-state index in [0.717, 1.165) is 29.3 Å². The van der Waals surface area contributed by atoms with Gasteiger partial charge in [0.15, 0.2) is 0 Å². The van der Waals surface area contributed by atoms with E-state index in [4.69, 9.17) is 0 Å². The number of aromatic nitrogens is 1. The van der Waals surface area contributed by atoms with Crippen LogP contribution in [0.3, 0.4) is 0 Å². The fourth-order valence-electron chi connectivity index (χ4n) is 2.83. The van der Waals surface area contributed by atoms with Gasteiger partial charge in [-0.3, -0.25) is 9.98 Å². The monoisotopic (exact) mass is 303 g/mol. The summed E-state index contributed by atoms with van der Waals surface area (Å²) in [6.45, 7) is 0. The van der Waals surface area contributed by atoms with Crippen molar-refractivity contribution in [3.05, 3.63) is 59.4 Å². The highest BCUT2D eigenvalue weighted by atomic mass is 19.4. The van der Waals surface area contributed by atoms with Crippen LogP contribution in [0.1, 0.15) is 29.0 Å². The fourth-order valence-corrected chi connectivity index (χ4v) is 2.83. The number of amidine groups is 1. The number of hydrogen-bond acceptors (Lipinski definition) is 3. The van der Waals surface area contributed by atoms with E-state index in [-0.39, 0.29) is 12.0 Å². The quantitative estimate of drug-likeness (QED) is 0.869. The Morgan fingerprint density at radius 2 is 1.86 bits per heavy atom. The summed E-state index contributed by atoms with van der Waals surface area (Å²) in [6.07, 6.45) is -0.193. The van der Waals surface area contributed by atoms with E-state index in [0.29, 0.717) is 5.84 Å². The number of pyridine rings is 1. The molecule has 1 aliphatic heterocycles. The minimum Gasteiger partial charge on any atom is -0.340 e. The highest BCUT2D eigenvalue weighted by Crippen LogP contribution is 2.49. The molecule has 2 unspecified atom stereocenters. The number of nitrogens with zero attached hydrogens (tertiary/aromatic N) is 2. The summed E-state index contributed by atoms with van der Waals surface area (Å²) in [7, 11) is 0. The molecule has 2 aromatic rings. The number of rotatable bonds is 1. The molecule has 1 fully saturated rings. The molecular formula is C16H12F3N3. The summed E-state index contributed by atoms with van der Waals surface area (Å²) < 4.78 is 38.7. The molecule has 0 bridgehead atoms. The predicted molar refractivity (Wildman–Crippen MR) is 77.0 cm³/mol. The maximum atomic E-state index is 12.9. The van der Waals surface area contributed by atoms with Crippen LogP contribution in [-0.4, -0.2) is 16.9 Å². The molecule has 0 amide bonds. The Morgan fingerprint density at radius 1 is 1.09 bits per heavy atom. The second-order valence-electron chi connectivity index (χ2n) is 5.55. The molecule has 4 rings (SSSR count). The molecule has 1 saturated carbocycles. The van der Waals surface area contributed by atoms with Gasteiger partial charge in [0.1, 0.15) is 5.84 Å². The molecule has 1 aliphatic carbocycles. The van der Waals surface area contributed by atoms with E-state index in [2.05, 4.69) is 15.3 Å². The molecule has 2 heterocycles. The van der Waals surface area contributed by atoms with Crippen molar-refractivity contribution in [2.24, 2.45) is 4.99 Å². The number of anilines is 1. The van der Waals surface area contributed by atoms with E-state index >= 15 is 0 Å². The number of nitrogens with one attached hydrogen (secondary N) is 1. The normalized spacial score (nSPS) is 22.4. The zero-order valence-corrected chi connectivity index (χ0v) is 11.4. The lowest BCUT2D eigenvalue weighted by Gasteiger charge is -2.19. The van der Waals surface area contributed by atoms with Gasteiger partial charge in [0.05, 0.1) is 11.6 Å². The van der Waals surface area contributed by atoms with Gasteiger partial charge in [0.2, 0.25) is 0 Å². The smallest absolute Gasteiger partial charge is 0.340 e. The molecule has 6 heteroatoms. The highest BCUT2D eigenvalue weighted by molar-refractivity contribution is 6.10. The second kappa shape index (κ2) is 4.56. The predicted octanol–water partition coefficient (Wildman–Crippen LogP) is 3.83. The maximum Gasteiger partial charge on any atom is 0.416 e. The van der Waals surface area contributed by atoms with Gasteiger partial charge in [-0.1, -0.05) is 6.07 Å². The van der Waals surface area contributed by atoms with Crippen LogP contribution < -0.4 is 5.32 Å². The topological polar surface area (TPSA) is 37.3 Å². The van der Waals surface area contributed by atoms with E-state index in [1.54, 1.807) is 24.5 Å².